The van der Waals surface area contributed by atoms with Gasteiger partial charge in [-0.25, -0.2) is 4.99 Å². The Morgan fingerprint density at radius 1 is 1.10 bits per heavy atom. The van der Waals surface area contributed by atoms with Gasteiger partial charge in [-0.15, -0.1) is 37.1 Å². The highest BCUT2D eigenvalue weighted by Gasteiger charge is 2.31. The second kappa shape index (κ2) is 12.3. The number of carbonyl (C=O) groups excluding carboxylic acids is 1. The Hall–Kier alpha value is -2.50. The smallest absolute Gasteiger partial charge is 0.405 e. The lowest BCUT2D eigenvalue weighted by Gasteiger charge is -2.15. The minimum Gasteiger partial charge on any atom is -0.405 e. The second-order valence-corrected chi connectivity index (χ2v) is 6.09. The first-order valence-electron chi connectivity index (χ1n) is 8.99. The maximum atomic E-state index is 12.6. The number of aliphatic imine (C=N–C) groups is 1. The summed E-state index contributed by atoms with van der Waals surface area (Å²) in [5.74, 6) is 0.0194. The average molecular weight is 536 g/mol. The lowest BCUT2D eigenvalue weighted by molar-refractivity contribution is -0.274. The van der Waals surface area contributed by atoms with Crippen LogP contribution in [0.25, 0.3) is 0 Å². The number of hydrogen-bond donors (Lipinski definition) is 3. The van der Waals surface area contributed by atoms with E-state index >= 15 is 0 Å². The number of halogens is 4. The molecule has 164 valence electrons. The Bertz CT molecular complexity index is 860. The van der Waals surface area contributed by atoms with E-state index in [0.29, 0.717) is 30.3 Å². The predicted molar refractivity (Wildman–Crippen MR) is 121 cm³/mol. The number of anilines is 1. The number of nitrogens with zero attached hydrogens (tertiary/aromatic N) is 1. The summed E-state index contributed by atoms with van der Waals surface area (Å²) in [6.45, 7) is 4.32. The van der Waals surface area contributed by atoms with Crippen LogP contribution in [0.5, 0.6) is 5.75 Å². The predicted octanol–water partition coefficient (Wildman–Crippen LogP) is 4.42. The molecule has 0 heterocycles. The van der Waals surface area contributed by atoms with E-state index in [4.69, 9.17) is 0 Å². The third kappa shape index (κ3) is 9.33. The Balaban J connectivity index is 0.00000450. The van der Waals surface area contributed by atoms with Crippen LogP contribution < -0.4 is 20.7 Å². The van der Waals surface area contributed by atoms with Crippen molar-refractivity contribution in [2.75, 3.05) is 11.9 Å². The molecule has 0 radical (unpaired) electrons. The van der Waals surface area contributed by atoms with Crippen LogP contribution in [0.4, 0.5) is 18.9 Å². The van der Waals surface area contributed by atoms with Gasteiger partial charge in [-0.05, 0) is 30.7 Å². The van der Waals surface area contributed by atoms with Gasteiger partial charge in [-0.3, -0.25) is 4.79 Å². The lowest BCUT2D eigenvalue weighted by Crippen LogP contribution is -2.37. The quantitative estimate of drug-likeness (QED) is 0.279. The summed E-state index contributed by atoms with van der Waals surface area (Å²) in [5.41, 5.74) is 1.89. The van der Waals surface area contributed by atoms with Crippen molar-refractivity contribution in [3.8, 4) is 5.75 Å². The molecule has 2 aromatic carbocycles. The summed E-state index contributed by atoms with van der Waals surface area (Å²) in [4.78, 5) is 15.6. The molecule has 0 spiro atoms. The molecular formula is C20H24F3IN4O2. The molecule has 10 heteroatoms. The van der Waals surface area contributed by atoms with Crippen molar-refractivity contribution in [1.29, 1.82) is 0 Å². The highest BCUT2D eigenvalue weighted by Crippen LogP contribution is 2.26. The van der Waals surface area contributed by atoms with Crippen molar-refractivity contribution >= 4 is 41.5 Å². The highest BCUT2D eigenvalue weighted by atomic mass is 127. The number of ether oxygens (including phenoxy) is 1. The first kappa shape index (κ1) is 25.5. The maximum Gasteiger partial charge on any atom is 0.573 e. The fourth-order valence-corrected chi connectivity index (χ4v) is 2.52. The number of nitrogens with one attached hydrogen (secondary N) is 3. The third-order valence-corrected chi connectivity index (χ3v) is 3.66. The summed E-state index contributed by atoms with van der Waals surface area (Å²) in [7, 11) is 0. The molecule has 0 aromatic heterocycles. The number of rotatable bonds is 7. The molecule has 0 unspecified atom stereocenters. The molecule has 1 amide bonds. The minimum atomic E-state index is -4.76. The zero-order valence-electron chi connectivity index (χ0n) is 16.5. The van der Waals surface area contributed by atoms with Crippen molar-refractivity contribution in [2.45, 2.75) is 33.3 Å². The summed E-state index contributed by atoms with van der Waals surface area (Å²) < 4.78 is 41.7. The molecule has 3 N–H and O–H groups in total. The molecule has 0 bridgehead atoms. The second-order valence-electron chi connectivity index (χ2n) is 6.09. The van der Waals surface area contributed by atoms with Gasteiger partial charge in [0.25, 0.3) is 0 Å². The topological polar surface area (TPSA) is 74.8 Å². The van der Waals surface area contributed by atoms with Gasteiger partial charge in [0.1, 0.15) is 5.75 Å². The van der Waals surface area contributed by atoms with E-state index in [2.05, 4.69) is 25.7 Å². The summed E-state index contributed by atoms with van der Waals surface area (Å²) in [6.07, 6.45) is -4.76. The Morgan fingerprint density at radius 3 is 2.50 bits per heavy atom. The van der Waals surface area contributed by atoms with E-state index in [9.17, 15) is 18.0 Å². The van der Waals surface area contributed by atoms with Gasteiger partial charge >= 0.3 is 6.36 Å². The first-order chi connectivity index (χ1) is 13.8. The molecule has 0 aliphatic heterocycles. The number of alkyl halides is 3. The van der Waals surface area contributed by atoms with Gasteiger partial charge in [0.05, 0.1) is 6.54 Å². The van der Waals surface area contributed by atoms with Crippen LogP contribution in [0.1, 0.15) is 25.0 Å². The summed E-state index contributed by atoms with van der Waals surface area (Å²) >= 11 is 0. The summed E-state index contributed by atoms with van der Waals surface area (Å²) in [5, 5.41) is 8.75. The van der Waals surface area contributed by atoms with Gasteiger partial charge in [0, 0.05) is 31.3 Å². The van der Waals surface area contributed by atoms with E-state index in [1.807, 2.05) is 13.0 Å². The Kier molecular flexibility index (Phi) is 10.4. The first-order valence-corrected chi connectivity index (χ1v) is 8.99. The van der Waals surface area contributed by atoms with E-state index in [1.54, 1.807) is 30.3 Å². The molecular weight excluding hydrogens is 512 g/mol. The van der Waals surface area contributed by atoms with Crippen LogP contribution in [0.3, 0.4) is 0 Å². The van der Waals surface area contributed by atoms with Crippen molar-refractivity contribution in [3.05, 3.63) is 59.7 Å². The number of guanidine groups is 1. The molecule has 0 fully saturated rings. The van der Waals surface area contributed by atoms with Gasteiger partial charge in [0.2, 0.25) is 5.91 Å². The molecule has 6 nitrogen and oxygen atoms in total. The highest BCUT2D eigenvalue weighted by molar-refractivity contribution is 14.0. The lowest BCUT2D eigenvalue weighted by atomic mass is 10.2. The van der Waals surface area contributed by atoms with Gasteiger partial charge in [-0.2, -0.15) is 0 Å². The monoisotopic (exact) mass is 536 g/mol. The molecule has 0 aliphatic carbocycles. The van der Waals surface area contributed by atoms with Crippen LogP contribution in [0, 0.1) is 0 Å². The third-order valence-electron chi connectivity index (χ3n) is 3.66. The van der Waals surface area contributed by atoms with Crippen molar-refractivity contribution < 1.29 is 22.7 Å². The molecule has 0 saturated carbocycles. The van der Waals surface area contributed by atoms with Crippen molar-refractivity contribution in [3.63, 3.8) is 0 Å². The zero-order valence-corrected chi connectivity index (χ0v) is 18.9. The molecule has 0 atom stereocenters. The van der Waals surface area contributed by atoms with E-state index < -0.39 is 6.36 Å². The number of hydrogen-bond acceptors (Lipinski definition) is 3. The Labute approximate surface area is 190 Å². The van der Waals surface area contributed by atoms with Crippen LogP contribution in [-0.4, -0.2) is 24.8 Å². The van der Waals surface area contributed by atoms with Crippen LogP contribution in [0.15, 0.2) is 53.5 Å². The van der Waals surface area contributed by atoms with Crippen LogP contribution in [0.2, 0.25) is 0 Å². The Morgan fingerprint density at radius 2 is 1.83 bits per heavy atom. The molecule has 2 rings (SSSR count). The normalized spacial score (nSPS) is 11.3. The fraction of sp³-hybridized carbons (Fsp3) is 0.300. The fourth-order valence-electron chi connectivity index (χ4n) is 2.52. The number of carbonyl (C=O) groups is 1. The van der Waals surface area contributed by atoms with Crippen molar-refractivity contribution in [1.82, 2.24) is 10.6 Å². The SMILES string of the molecule is CCNC(=NCc1cccc(NC(C)=O)c1)NCc1ccccc1OC(F)(F)F.I. The minimum absolute atomic E-state index is 0. The summed E-state index contributed by atoms with van der Waals surface area (Å²) in [6, 6.07) is 13.2. The van der Waals surface area contributed by atoms with E-state index in [0.717, 1.165) is 5.56 Å². The zero-order chi connectivity index (χ0) is 21.3. The van der Waals surface area contributed by atoms with Crippen molar-refractivity contribution in [2.24, 2.45) is 4.99 Å². The molecule has 0 saturated heterocycles. The number of amides is 1. The van der Waals surface area contributed by atoms with Crippen LogP contribution in [-0.2, 0) is 17.9 Å². The van der Waals surface area contributed by atoms with E-state index in [-0.39, 0.29) is 42.2 Å². The molecule has 30 heavy (non-hydrogen) atoms. The maximum absolute atomic E-state index is 12.6. The average Bonchev–Trinajstić information content (AvgIpc) is 2.63. The van der Waals surface area contributed by atoms with Gasteiger partial charge in [-0.1, -0.05) is 30.3 Å². The standard InChI is InChI=1S/C20H23F3N4O2.HI/c1-3-24-19(25-12-15-7-6-9-17(11-15)27-14(2)28)26-13-16-8-4-5-10-18(16)29-20(21,22)23;/h4-11H,3,12-13H2,1-2H3,(H,27,28)(H2,24,25,26);1H. The van der Waals surface area contributed by atoms with Gasteiger partial charge in [0.15, 0.2) is 5.96 Å². The number of para-hydroxylation sites is 1. The van der Waals surface area contributed by atoms with Crippen LogP contribution >= 0.6 is 24.0 Å². The largest absolute Gasteiger partial charge is 0.573 e. The van der Waals surface area contributed by atoms with Gasteiger partial charge < -0.3 is 20.7 Å². The molecule has 2 aromatic rings. The number of benzene rings is 2. The van der Waals surface area contributed by atoms with E-state index in [1.165, 1.54) is 19.1 Å². The molecule has 0 aliphatic rings.